The first-order valence-corrected chi connectivity index (χ1v) is 8.12. The predicted molar refractivity (Wildman–Crippen MR) is 106 cm³/mol. The van der Waals surface area contributed by atoms with Crippen molar-refractivity contribution in [2.75, 3.05) is 13.1 Å². The third kappa shape index (κ3) is 4.89. The van der Waals surface area contributed by atoms with Gasteiger partial charge in [0, 0.05) is 24.2 Å². The Balaban J connectivity index is 2.27. The lowest BCUT2D eigenvalue weighted by Gasteiger charge is -2.21. The molecule has 0 unspecified atom stereocenters. The van der Waals surface area contributed by atoms with Crippen molar-refractivity contribution in [3.63, 3.8) is 0 Å². The van der Waals surface area contributed by atoms with Gasteiger partial charge in [-0.3, -0.25) is 5.43 Å². The minimum atomic E-state index is 0.541. The number of rotatable bonds is 7. The van der Waals surface area contributed by atoms with E-state index in [4.69, 9.17) is 12.2 Å². The zero-order chi connectivity index (χ0) is 17.2. The van der Waals surface area contributed by atoms with Gasteiger partial charge >= 0.3 is 0 Å². The molecule has 1 N–H and O–H groups in total. The molecule has 2 aromatic rings. The van der Waals surface area contributed by atoms with Crippen molar-refractivity contribution in [2.24, 2.45) is 5.10 Å². The highest BCUT2D eigenvalue weighted by atomic mass is 32.1. The van der Waals surface area contributed by atoms with Crippen LogP contribution in [0.25, 0.3) is 0 Å². The Hall–Kier alpha value is -2.72. The van der Waals surface area contributed by atoms with Crippen LogP contribution >= 0.6 is 12.2 Å². The summed E-state index contributed by atoms with van der Waals surface area (Å²) in [4.78, 5) is 1.94. The average Bonchev–Trinajstić information content (AvgIpc) is 2.63. The molecule has 0 aromatic heterocycles. The van der Waals surface area contributed by atoms with Crippen molar-refractivity contribution < 1.29 is 0 Å². The molecule has 0 aliphatic rings. The van der Waals surface area contributed by atoms with Gasteiger partial charge in [0.25, 0.3) is 0 Å². The molecule has 0 bridgehead atoms. The Bertz CT molecular complexity index is 657. The predicted octanol–water partition coefficient (Wildman–Crippen LogP) is 3.99. The molecule has 4 heteroatoms. The fraction of sp³-hybridized carbons (Fsp3) is 0.100. The second-order valence-corrected chi connectivity index (χ2v) is 5.48. The largest absolute Gasteiger partial charge is 0.340 e. The van der Waals surface area contributed by atoms with E-state index in [2.05, 4.69) is 23.7 Å². The Morgan fingerprint density at radius 3 is 1.79 bits per heavy atom. The lowest BCUT2D eigenvalue weighted by molar-refractivity contribution is 0.504. The normalized spacial score (nSPS) is 9.67. The number of benzene rings is 2. The molecule has 0 saturated heterocycles. The van der Waals surface area contributed by atoms with Crippen molar-refractivity contribution in [3.8, 4) is 0 Å². The van der Waals surface area contributed by atoms with Crippen LogP contribution < -0.4 is 5.43 Å². The van der Waals surface area contributed by atoms with Gasteiger partial charge in [-0.15, -0.1) is 13.2 Å². The molecule has 24 heavy (non-hydrogen) atoms. The molecule has 0 spiro atoms. The summed E-state index contributed by atoms with van der Waals surface area (Å²) in [6, 6.07) is 20.1. The fourth-order valence-corrected chi connectivity index (χ4v) is 2.41. The summed E-state index contributed by atoms with van der Waals surface area (Å²) in [6.07, 6.45) is 3.60. The van der Waals surface area contributed by atoms with Gasteiger partial charge in [-0.25, -0.2) is 0 Å². The smallest absolute Gasteiger partial charge is 0.190 e. The minimum Gasteiger partial charge on any atom is -0.340 e. The highest BCUT2D eigenvalue weighted by molar-refractivity contribution is 7.80. The molecule has 3 nitrogen and oxygen atoms in total. The van der Waals surface area contributed by atoms with Crippen LogP contribution in [0, 0.1) is 0 Å². The molecule has 0 fully saturated rings. The maximum Gasteiger partial charge on any atom is 0.190 e. The van der Waals surface area contributed by atoms with E-state index in [1.165, 1.54) is 0 Å². The van der Waals surface area contributed by atoms with Crippen LogP contribution in [-0.4, -0.2) is 28.8 Å². The van der Waals surface area contributed by atoms with Gasteiger partial charge in [0.2, 0.25) is 0 Å². The zero-order valence-electron chi connectivity index (χ0n) is 13.6. The third-order valence-corrected chi connectivity index (χ3v) is 3.69. The van der Waals surface area contributed by atoms with E-state index in [9.17, 15) is 0 Å². The Morgan fingerprint density at radius 2 is 1.38 bits per heavy atom. The lowest BCUT2D eigenvalue weighted by Crippen LogP contribution is -2.38. The number of hydrogen-bond donors (Lipinski definition) is 1. The van der Waals surface area contributed by atoms with Gasteiger partial charge in [0.05, 0.1) is 5.71 Å². The summed E-state index contributed by atoms with van der Waals surface area (Å²) in [5.74, 6) is 0. The summed E-state index contributed by atoms with van der Waals surface area (Å²) in [7, 11) is 0. The van der Waals surface area contributed by atoms with E-state index in [0.717, 1.165) is 16.8 Å². The molecule has 0 heterocycles. The number of hydrogen-bond acceptors (Lipinski definition) is 2. The monoisotopic (exact) mass is 335 g/mol. The maximum absolute atomic E-state index is 5.44. The van der Waals surface area contributed by atoms with Crippen molar-refractivity contribution in [1.82, 2.24) is 10.3 Å². The number of nitrogens with one attached hydrogen (secondary N) is 1. The lowest BCUT2D eigenvalue weighted by atomic mass is 10.0. The van der Waals surface area contributed by atoms with Crippen molar-refractivity contribution >= 4 is 23.0 Å². The van der Waals surface area contributed by atoms with E-state index in [1.54, 1.807) is 12.2 Å². The molecular weight excluding hydrogens is 314 g/mol. The molecule has 0 amide bonds. The minimum absolute atomic E-state index is 0.541. The molecule has 2 rings (SSSR count). The quantitative estimate of drug-likeness (QED) is 0.359. The summed E-state index contributed by atoms with van der Waals surface area (Å²) >= 11 is 5.44. The molecule has 0 aliphatic heterocycles. The Labute approximate surface area is 149 Å². The first kappa shape index (κ1) is 17.6. The number of hydrazone groups is 1. The summed E-state index contributed by atoms with van der Waals surface area (Å²) in [5, 5.41) is 5.11. The van der Waals surface area contributed by atoms with E-state index in [-0.39, 0.29) is 0 Å². The van der Waals surface area contributed by atoms with Gasteiger partial charge < -0.3 is 4.90 Å². The Kier molecular flexibility index (Phi) is 6.92. The number of nitrogens with zero attached hydrogens (tertiary/aromatic N) is 2. The maximum atomic E-state index is 5.44. The van der Waals surface area contributed by atoms with E-state index >= 15 is 0 Å². The molecule has 0 radical (unpaired) electrons. The van der Waals surface area contributed by atoms with Crippen LogP contribution in [-0.2, 0) is 0 Å². The second kappa shape index (κ2) is 9.43. The number of thiocarbonyl (C=S) groups is 1. The molecular formula is C20H21N3S. The van der Waals surface area contributed by atoms with Crippen molar-refractivity contribution in [3.05, 3.63) is 97.1 Å². The summed E-state index contributed by atoms with van der Waals surface area (Å²) in [6.45, 7) is 8.79. The van der Waals surface area contributed by atoms with Crippen molar-refractivity contribution in [1.29, 1.82) is 0 Å². The van der Waals surface area contributed by atoms with Gasteiger partial charge in [-0.2, -0.15) is 5.10 Å². The van der Waals surface area contributed by atoms with Crippen LogP contribution in [0.15, 0.2) is 91.1 Å². The van der Waals surface area contributed by atoms with Crippen LogP contribution in [0.1, 0.15) is 11.1 Å². The third-order valence-electron chi connectivity index (χ3n) is 3.34. The summed E-state index contributed by atoms with van der Waals surface area (Å²) < 4.78 is 0. The van der Waals surface area contributed by atoms with Gasteiger partial charge in [-0.05, 0) is 12.2 Å². The standard InChI is InChI=1S/C20H21N3S/c1-3-15-23(16-4-2)20(24)22-21-19(17-11-7-5-8-12-17)18-13-9-6-10-14-18/h3-14H,1-2,15-16H2,(H,22,24). The molecule has 0 atom stereocenters. The second-order valence-electron chi connectivity index (χ2n) is 5.09. The summed E-state index contributed by atoms with van der Waals surface area (Å²) in [5.41, 5.74) is 5.89. The SMILES string of the molecule is C=CCN(CC=C)C(=S)NN=C(c1ccccc1)c1ccccc1. The van der Waals surface area contributed by atoms with Crippen molar-refractivity contribution in [2.45, 2.75) is 0 Å². The van der Waals surface area contributed by atoms with Crippen LogP contribution in [0.4, 0.5) is 0 Å². The van der Waals surface area contributed by atoms with Gasteiger partial charge in [-0.1, -0.05) is 72.8 Å². The van der Waals surface area contributed by atoms with E-state index < -0.39 is 0 Å². The van der Waals surface area contributed by atoms with Crippen LogP contribution in [0.2, 0.25) is 0 Å². The highest BCUT2D eigenvalue weighted by Gasteiger charge is 2.09. The molecule has 0 saturated carbocycles. The first-order valence-electron chi connectivity index (χ1n) is 7.71. The topological polar surface area (TPSA) is 27.6 Å². The van der Waals surface area contributed by atoms with E-state index in [0.29, 0.717) is 18.2 Å². The Morgan fingerprint density at radius 1 is 0.917 bits per heavy atom. The van der Waals surface area contributed by atoms with E-state index in [1.807, 2.05) is 65.6 Å². The first-order chi connectivity index (χ1) is 11.8. The van der Waals surface area contributed by atoms with Gasteiger partial charge in [0.1, 0.15) is 0 Å². The molecule has 2 aromatic carbocycles. The highest BCUT2D eigenvalue weighted by Crippen LogP contribution is 2.10. The molecule has 122 valence electrons. The molecule has 0 aliphatic carbocycles. The van der Waals surface area contributed by atoms with Crippen LogP contribution in [0.5, 0.6) is 0 Å². The average molecular weight is 335 g/mol. The zero-order valence-corrected chi connectivity index (χ0v) is 14.4. The van der Waals surface area contributed by atoms with Gasteiger partial charge in [0.15, 0.2) is 5.11 Å². The van der Waals surface area contributed by atoms with Crippen LogP contribution in [0.3, 0.4) is 0 Å². The fourth-order valence-electron chi connectivity index (χ4n) is 2.21.